The number of hydrogen-bond acceptors (Lipinski definition) is 8. The number of rotatable bonds is 6. The lowest BCUT2D eigenvalue weighted by atomic mass is 10.1. The first-order chi connectivity index (χ1) is 16.5. The van der Waals surface area contributed by atoms with Gasteiger partial charge in [-0.3, -0.25) is 4.98 Å². The highest BCUT2D eigenvalue weighted by Gasteiger charge is 2.19. The number of aromatic nitrogens is 6. The standard InChI is InChI=1S/C22H21F3N8O/c1-13-10-32(6-5-26-13)16-4-2-3-14(7-16)18-11-33(31-28-18)12-19-17(23)8-15(9-27-19)21-29-30-22(34-21)20(24)25/h2-4,7-9,11,13,20,26H,5-6,10,12H2,1H3/t13-/m1/s1. The van der Waals surface area contributed by atoms with Gasteiger partial charge in [0.05, 0.1) is 24.0 Å². The van der Waals surface area contributed by atoms with Gasteiger partial charge in [-0.15, -0.1) is 15.3 Å². The van der Waals surface area contributed by atoms with Crippen molar-refractivity contribution in [2.24, 2.45) is 0 Å². The molecule has 0 unspecified atom stereocenters. The molecule has 0 aliphatic carbocycles. The largest absolute Gasteiger partial charge is 0.415 e. The van der Waals surface area contributed by atoms with E-state index in [0.717, 1.165) is 37.0 Å². The molecule has 1 N–H and O–H groups in total. The molecule has 0 amide bonds. The van der Waals surface area contributed by atoms with Crippen molar-refractivity contribution < 1.29 is 17.6 Å². The van der Waals surface area contributed by atoms with Crippen LogP contribution in [-0.4, -0.2) is 55.9 Å². The molecule has 1 aromatic carbocycles. The van der Waals surface area contributed by atoms with Gasteiger partial charge in [0.15, 0.2) is 0 Å². The van der Waals surface area contributed by atoms with Crippen LogP contribution in [0.2, 0.25) is 0 Å². The van der Waals surface area contributed by atoms with Gasteiger partial charge in [0.1, 0.15) is 11.5 Å². The average Bonchev–Trinajstić information content (AvgIpc) is 3.51. The van der Waals surface area contributed by atoms with E-state index in [-0.39, 0.29) is 23.7 Å². The Morgan fingerprint density at radius 2 is 2.06 bits per heavy atom. The minimum absolute atomic E-state index is 0.0419. The van der Waals surface area contributed by atoms with E-state index in [1.165, 1.54) is 10.9 Å². The maximum Gasteiger partial charge on any atom is 0.314 e. The second kappa shape index (κ2) is 9.21. The highest BCUT2D eigenvalue weighted by Crippen LogP contribution is 2.26. The summed E-state index contributed by atoms with van der Waals surface area (Å²) in [5.74, 6) is -1.71. The van der Waals surface area contributed by atoms with Crippen LogP contribution >= 0.6 is 0 Å². The predicted octanol–water partition coefficient (Wildman–Crippen LogP) is 3.31. The lowest BCUT2D eigenvalue weighted by molar-refractivity contribution is 0.116. The van der Waals surface area contributed by atoms with E-state index in [1.807, 2.05) is 12.1 Å². The molecule has 4 aromatic rings. The lowest BCUT2D eigenvalue weighted by Crippen LogP contribution is -2.49. The normalized spacial score (nSPS) is 16.4. The topological polar surface area (TPSA) is 97.8 Å². The van der Waals surface area contributed by atoms with Gasteiger partial charge in [0.25, 0.3) is 5.89 Å². The molecule has 34 heavy (non-hydrogen) atoms. The molecule has 0 radical (unpaired) electrons. The summed E-state index contributed by atoms with van der Waals surface area (Å²) in [6.45, 7) is 4.97. The van der Waals surface area contributed by atoms with Crippen molar-refractivity contribution in [3.8, 4) is 22.7 Å². The third-order valence-electron chi connectivity index (χ3n) is 5.52. The van der Waals surface area contributed by atoms with E-state index in [1.54, 1.807) is 6.20 Å². The minimum atomic E-state index is -2.90. The summed E-state index contributed by atoms with van der Waals surface area (Å²) in [7, 11) is 0. The second-order valence-corrected chi connectivity index (χ2v) is 8.05. The Kier molecular flexibility index (Phi) is 5.97. The molecule has 1 saturated heterocycles. The summed E-state index contributed by atoms with van der Waals surface area (Å²) in [6.07, 6.45) is 0.110. The Balaban J connectivity index is 1.31. The SMILES string of the molecule is C[C@@H]1CN(c2cccc(-c3cn(Cc4ncc(-c5nnc(C(F)F)o5)cc4F)nn3)c2)CCN1. The minimum Gasteiger partial charge on any atom is -0.415 e. The number of nitrogens with zero attached hydrogens (tertiary/aromatic N) is 7. The van der Waals surface area contributed by atoms with Crippen molar-refractivity contribution in [2.75, 3.05) is 24.5 Å². The Morgan fingerprint density at radius 1 is 1.18 bits per heavy atom. The molecule has 1 atom stereocenters. The maximum absolute atomic E-state index is 14.6. The van der Waals surface area contributed by atoms with Crippen molar-refractivity contribution in [3.63, 3.8) is 0 Å². The van der Waals surface area contributed by atoms with Crippen LogP contribution in [0.3, 0.4) is 0 Å². The smallest absolute Gasteiger partial charge is 0.314 e. The van der Waals surface area contributed by atoms with E-state index in [4.69, 9.17) is 4.42 Å². The molecule has 1 fully saturated rings. The number of pyridine rings is 1. The van der Waals surface area contributed by atoms with Crippen molar-refractivity contribution >= 4 is 5.69 Å². The first-order valence-corrected chi connectivity index (χ1v) is 10.7. The van der Waals surface area contributed by atoms with Crippen molar-refractivity contribution in [1.29, 1.82) is 0 Å². The van der Waals surface area contributed by atoms with Gasteiger partial charge < -0.3 is 14.6 Å². The fraction of sp³-hybridized carbons (Fsp3) is 0.318. The van der Waals surface area contributed by atoms with Gasteiger partial charge in [-0.25, -0.2) is 9.07 Å². The Bertz CT molecular complexity index is 1290. The summed E-state index contributed by atoms with van der Waals surface area (Å²) in [6, 6.07) is 9.60. The van der Waals surface area contributed by atoms with Crippen LogP contribution < -0.4 is 10.2 Å². The fourth-order valence-corrected chi connectivity index (χ4v) is 3.83. The number of alkyl halides is 2. The maximum atomic E-state index is 14.6. The van der Waals surface area contributed by atoms with E-state index in [0.29, 0.717) is 11.7 Å². The van der Waals surface area contributed by atoms with Crippen LogP contribution in [0.1, 0.15) is 24.9 Å². The molecule has 12 heteroatoms. The van der Waals surface area contributed by atoms with Crippen molar-refractivity contribution in [3.05, 3.63) is 60.1 Å². The molecule has 9 nitrogen and oxygen atoms in total. The zero-order valence-electron chi connectivity index (χ0n) is 18.2. The molecule has 0 bridgehead atoms. The average molecular weight is 470 g/mol. The number of benzene rings is 1. The zero-order valence-corrected chi connectivity index (χ0v) is 18.2. The monoisotopic (exact) mass is 470 g/mol. The molecule has 176 valence electrons. The molecule has 0 saturated carbocycles. The molecule has 4 heterocycles. The third-order valence-corrected chi connectivity index (χ3v) is 5.52. The first kappa shape index (κ1) is 22.0. The summed E-state index contributed by atoms with van der Waals surface area (Å²) < 4.78 is 46.2. The quantitative estimate of drug-likeness (QED) is 0.459. The van der Waals surface area contributed by atoms with Gasteiger partial charge in [-0.05, 0) is 25.1 Å². The number of halogens is 3. The molecular weight excluding hydrogens is 449 g/mol. The third kappa shape index (κ3) is 4.62. The Morgan fingerprint density at radius 3 is 2.82 bits per heavy atom. The number of anilines is 1. The van der Waals surface area contributed by atoms with Crippen LogP contribution in [0.25, 0.3) is 22.7 Å². The number of piperazine rings is 1. The highest BCUT2D eigenvalue weighted by atomic mass is 19.3. The number of hydrogen-bond donors (Lipinski definition) is 1. The van der Waals surface area contributed by atoms with Crippen LogP contribution in [-0.2, 0) is 6.54 Å². The molecule has 0 spiro atoms. The van der Waals surface area contributed by atoms with Crippen LogP contribution in [0, 0.1) is 5.82 Å². The summed E-state index contributed by atoms with van der Waals surface area (Å²) >= 11 is 0. The van der Waals surface area contributed by atoms with E-state index >= 15 is 0 Å². The van der Waals surface area contributed by atoms with Gasteiger partial charge in [0, 0.05) is 43.1 Å². The summed E-state index contributed by atoms with van der Waals surface area (Å²) in [5.41, 5.74) is 2.90. The van der Waals surface area contributed by atoms with Gasteiger partial charge in [0.2, 0.25) is 5.89 Å². The fourth-order valence-electron chi connectivity index (χ4n) is 3.83. The summed E-state index contributed by atoms with van der Waals surface area (Å²) in [4.78, 5) is 6.40. The Hall–Kier alpha value is -3.80. The summed E-state index contributed by atoms with van der Waals surface area (Å²) in [5, 5.41) is 18.5. The molecule has 1 aliphatic rings. The van der Waals surface area contributed by atoms with Gasteiger partial charge in [-0.1, -0.05) is 17.3 Å². The predicted molar refractivity (Wildman–Crippen MR) is 117 cm³/mol. The number of nitrogens with one attached hydrogen (secondary N) is 1. The zero-order chi connectivity index (χ0) is 23.7. The van der Waals surface area contributed by atoms with Gasteiger partial charge >= 0.3 is 6.43 Å². The lowest BCUT2D eigenvalue weighted by Gasteiger charge is -2.33. The Labute approximate surface area is 192 Å². The van der Waals surface area contributed by atoms with Crippen LogP contribution in [0.15, 0.2) is 47.1 Å². The van der Waals surface area contributed by atoms with Gasteiger partial charge in [-0.2, -0.15) is 8.78 Å². The van der Waals surface area contributed by atoms with E-state index in [2.05, 4.69) is 54.8 Å². The van der Waals surface area contributed by atoms with Crippen LogP contribution in [0.4, 0.5) is 18.9 Å². The second-order valence-electron chi connectivity index (χ2n) is 8.05. The van der Waals surface area contributed by atoms with Crippen molar-refractivity contribution in [1.82, 2.24) is 35.5 Å². The molecule has 1 aliphatic heterocycles. The first-order valence-electron chi connectivity index (χ1n) is 10.7. The highest BCUT2D eigenvalue weighted by molar-refractivity contribution is 5.65. The molecule has 5 rings (SSSR count). The van der Waals surface area contributed by atoms with Crippen LogP contribution in [0.5, 0.6) is 0 Å². The molecule has 3 aromatic heterocycles. The van der Waals surface area contributed by atoms with Crippen molar-refractivity contribution in [2.45, 2.75) is 25.9 Å². The van der Waals surface area contributed by atoms with E-state index < -0.39 is 18.1 Å². The van der Waals surface area contributed by atoms with E-state index in [9.17, 15) is 13.2 Å². The molecular formula is C22H21F3N8O.